The minimum atomic E-state index is 0.220. The van der Waals surface area contributed by atoms with Gasteiger partial charge in [0.2, 0.25) is 0 Å². The van der Waals surface area contributed by atoms with Crippen molar-refractivity contribution in [1.29, 1.82) is 0 Å². The lowest BCUT2D eigenvalue weighted by molar-refractivity contribution is 0.0915. The van der Waals surface area contributed by atoms with Crippen LogP contribution >= 0.6 is 0 Å². The maximum Gasteiger partial charge on any atom is 0.177 e. The first-order valence-corrected chi connectivity index (χ1v) is 6.39. The summed E-state index contributed by atoms with van der Waals surface area (Å²) in [7, 11) is 2.04. The van der Waals surface area contributed by atoms with E-state index in [2.05, 4.69) is 18.7 Å². The number of Topliss-reactive ketones (excluding diaryl/α,β-unsaturated/α-hetero) is 1. The first-order chi connectivity index (χ1) is 8.10. The summed E-state index contributed by atoms with van der Waals surface area (Å²) in [6.45, 7) is 6.84. The molecule has 0 amide bonds. The number of likely N-dealkylation sites (N-methyl/N-ethyl adjacent to an activating group) is 1. The summed E-state index contributed by atoms with van der Waals surface area (Å²) >= 11 is 0. The average Bonchev–Trinajstić information content (AvgIpc) is 2.31. The fraction of sp³-hybridized carbons (Fsp3) is 0.533. The van der Waals surface area contributed by atoms with Crippen molar-refractivity contribution in [1.82, 2.24) is 4.90 Å². The Labute approximate surface area is 105 Å². The second-order valence-electron chi connectivity index (χ2n) is 4.62. The van der Waals surface area contributed by atoms with Gasteiger partial charge in [0, 0.05) is 11.6 Å². The summed E-state index contributed by atoms with van der Waals surface area (Å²) in [5.74, 6) is 0.220. The normalized spacial score (nSPS) is 11.2. The van der Waals surface area contributed by atoms with Crippen molar-refractivity contribution in [3.05, 3.63) is 35.4 Å². The molecule has 0 aliphatic heterocycles. The van der Waals surface area contributed by atoms with Crippen molar-refractivity contribution in [2.45, 2.75) is 39.7 Å². The molecule has 0 aliphatic rings. The predicted molar refractivity (Wildman–Crippen MR) is 72.5 cm³/mol. The molecule has 94 valence electrons. The lowest BCUT2D eigenvalue weighted by Crippen LogP contribution is -2.35. The van der Waals surface area contributed by atoms with E-state index in [-0.39, 0.29) is 5.78 Å². The van der Waals surface area contributed by atoms with Gasteiger partial charge in [-0.2, -0.15) is 0 Å². The Morgan fingerprint density at radius 3 is 2.35 bits per heavy atom. The molecule has 0 bridgehead atoms. The van der Waals surface area contributed by atoms with Gasteiger partial charge >= 0.3 is 0 Å². The molecule has 0 aliphatic carbocycles. The van der Waals surface area contributed by atoms with E-state index in [9.17, 15) is 4.79 Å². The van der Waals surface area contributed by atoms with Crippen molar-refractivity contribution in [3.63, 3.8) is 0 Å². The summed E-state index contributed by atoms with van der Waals surface area (Å²) < 4.78 is 0. The van der Waals surface area contributed by atoms with Crippen molar-refractivity contribution >= 4 is 5.78 Å². The quantitative estimate of drug-likeness (QED) is 0.703. The van der Waals surface area contributed by atoms with Crippen LogP contribution in [0.1, 0.15) is 42.6 Å². The van der Waals surface area contributed by atoms with Gasteiger partial charge in [0.25, 0.3) is 0 Å². The highest BCUT2D eigenvalue weighted by Crippen LogP contribution is 2.11. The lowest BCUT2D eigenvalue weighted by atomic mass is 10.0. The molecule has 0 saturated heterocycles. The molecule has 0 fully saturated rings. The zero-order valence-corrected chi connectivity index (χ0v) is 11.4. The van der Waals surface area contributed by atoms with E-state index >= 15 is 0 Å². The second-order valence-corrected chi connectivity index (χ2v) is 4.62. The molecule has 1 rings (SSSR count). The summed E-state index contributed by atoms with van der Waals surface area (Å²) in [5, 5.41) is 0. The van der Waals surface area contributed by atoms with Crippen LogP contribution in [-0.2, 0) is 0 Å². The molecule has 1 aromatic carbocycles. The maximum atomic E-state index is 12.2. The Morgan fingerprint density at radius 1 is 1.24 bits per heavy atom. The molecule has 0 aromatic heterocycles. The van der Waals surface area contributed by atoms with E-state index in [1.54, 1.807) is 0 Å². The van der Waals surface area contributed by atoms with Gasteiger partial charge in [0.15, 0.2) is 5.78 Å². The zero-order valence-electron chi connectivity index (χ0n) is 11.4. The van der Waals surface area contributed by atoms with Crippen molar-refractivity contribution in [2.24, 2.45) is 0 Å². The third-order valence-electron chi connectivity index (χ3n) is 3.40. The number of ketones is 1. The topological polar surface area (TPSA) is 20.3 Å². The molecule has 1 aromatic rings. The molecule has 0 saturated carbocycles. The van der Waals surface area contributed by atoms with Crippen LogP contribution < -0.4 is 0 Å². The Balaban J connectivity index is 2.70. The van der Waals surface area contributed by atoms with Crippen molar-refractivity contribution < 1.29 is 4.79 Å². The number of nitrogens with zero attached hydrogens (tertiary/aromatic N) is 1. The Kier molecular flexibility index (Phi) is 5.36. The van der Waals surface area contributed by atoms with E-state index in [1.165, 1.54) is 0 Å². The molecular formula is C15H23NO. The van der Waals surface area contributed by atoms with Crippen LogP contribution in [-0.4, -0.2) is 30.3 Å². The van der Waals surface area contributed by atoms with Gasteiger partial charge in [-0.15, -0.1) is 0 Å². The van der Waals surface area contributed by atoms with Crippen LogP contribution in [0, 0.1) is 6.92 Å². The Bertz CT molecular complexity index is 369. The van der Waals surface area contributed by atoms with Crippen LogP contribution in [0.5, 0.6) is 0 Å². The maximum absolute atomic E-state index is 12.2. The minimum absolute atomic E-state index is 0.220. The highest BCUT2D eigenvalue weighted by atomic mass is 16.1. The summed E-state index contributed by atoms with van der Waals surface area (Å²) in [4.78, 5) is 14.3. The van der Waals surface area contributed by atoms with E-state index in [4.69, 9.17) is 0 Å². The van der Waals surface area contributed by atoms with Crippen LogP contribution in [0.25, 0.3) is 0 Å². The van der Waals surface area contributed by atoms with Crippen LogP contribution in [0.2, 0.25) is 0 Å². The van der Waals surface area contributed by atoms with Gasteiger partial charge in [-0.1, -0.05) is 38.1 Å². The molecule has 2 nitrogen and oxygen atoms in total. The number of carbonyl (C=O) groups excluding carboxylic acids is 1. The van der Waals surface area contributed by atoms with Crippen LogP contribution in [0.4, 0.5) is 0 Å². The number of benzene rings is 1. The fourth-order valence-electron chi connectivity index (χ4n) is 2.24. The lowest BCUT2D eigenvalue weighted by Gasteiger charge is -2.25. The number of rotatable bonds is 6. The monoisotopic (exact) mass is 233 g/mol. The number of hydrogen-bond donors (Lipinski definition) is 0. The zero-order chi connectivity index (χ0) is 12.8. The average molecular weight is 233 g/mol. The van der Waals surface area contributed by atoms with Crippen LogP contribution in [0.3, 0.4) is 0 Å². The molecular weight excluding hydrogens is 210 g/mol. The number of hydrogen-bond acceptors (Lipinski definition) is 2. The first kappa shape index (κ1) is 13.9. The van der Waals surface area contributed by atoms with E-state index < -0.39 is 0 Å². The predicted octanol–water partition coefficient (Wildman–Crippen LogP) is 3.30. The van der Waals surface area contributed by atoms with Gasteiger partial charge in [0.05, 0.1) is 6.54 Å². The summed E-state index contributed by atoms with van der Waals surface area (Å²) in [6, 6.07) is 8.31. The molecule has 0 spiro atoms. The van der Waals surface area contributed by atoms with E-state index in [0.717, 1.165) is 24.0 Å². The number of carbonyl (C=O) groups is 1. The van der Waals surface area contributed by atoms with Crippen LogP contribution in [0.15, 0.2) is 24.3 Å². The highest BCUT2D eigenvalue weighted by molar-refractivity contribution is 5.98. The second kappa shape index (κ2) is 6.55. The smallest absolute Gasteiger partial charge is 0.177 e. The molecule has 2 heteroatoms. The molecule has 0 radical (unpaired) electrons. The summed E-state index contributed by atoms with van der Waals surface area (Å²) in [5.41, 5.74) is 1.92. The van der Waals surface area contributed by atoms with Crippen molar-refractivity contribution in [2.75, 3.05) is 13.6 Å². The molecule has 0 atom stereocenters. The Morgan fingerprint density at radius 2 is 1.82 bits per heavy atom. The third-order valence-corrected chi connectivity index (χ3v) is 3.40. The number of aryl methyl sites for hydroxylation is 1. The van der Waals surface area contributed by atoms with E-state index in [1.807, 2.05) is 38.2 Å². The van der Waals surface area contributed by atoms with Gasteiger partial charge in [-0.25, -0.2) is 0 Å². The summed E-state index contributed by atoms with van der Waals surface area (Å²) in [6.07, 6.45) is 2.18. The molecule has 17 heavy (non-hydrogen) atoms. The first-order valence-electron chi connectivity index (χ1n) is 6.39. The van der Waals surface area contributed by atoms with Gasteiger partial charge in [0.1, 0.15) is 0 Å². The largest absolute Gasteiger partial charge is 0.296 e. The fourth-order valence-corrected chi connectivity index (χ4v) is 2.24. The highest BCUT2D eigenvalue weighted by Gasteiger charge is 2.16. The minimum Gasteiger partial charge on any atom is -0.296 e. The van der Waals surface area contributed by atoms with Gasteiger partial charge in [-0.3, -0.25) is 9.69 Å². The van der Waals surface area contributed by atoms with Gasteiger partial charge in [-0.05, 0) is 32.4 Å². The SMILES string of the molecule is CCC(CC)N(C)CC(=O)c1ccccc1C. The molecule has 0 heterocycles. The third kappa shape index (κ3) is 3.67. The van der Waals surface area contributed by atoms with Crippen molar-refractivity contribution in [3.8, 4) is 0 Å². The van der Waals surface area contributed by atoms with Gasteiger partial charge < -0.3 is 0 Å². The molecule has 0 unspecified atom stereocenters. The standard InChI is InChI=1S/C15H23NO/c1-5-13(6-2)16(4)11-15(17)14-10-8-7-9-12(14)3/h7-10,13H,5-6,11H2,1-4H3. The Hall–Kier alpha value is -1.15. The molecule has 0 N–H and O–H groups in total. The van der Waals surface area contributed by atoms with E-state index in [0.29, 0.717) is 12.6 Å².